The van der Waals surface area contributed by atoms with E-state index in [2.05, 4.69) is 90.0 Å². The van der Waals surface area contributed by atoms with Gasteiger partial charge in [-0.2, -0.15) is 0 Å². The second kappa shape index (κ2) is 31.5. The molecule has 0 aliphatic rings. The molecular formula is C22H37Br4N6OSe3. The average molecular weight is 958 g/mol. The Morgan fingerprint density at radius 1 is 0.778 bits per heavy atom. The van der Waals surface area contributed by atoms with Gasteiger partial charge in [-0.15, -0.1) is 34.0 Å². The number of halogens is 4. The molecule has 0 bridgehead atoms. The molecule has 0 aliphatic heterocycles. The molecule has 10 N–H and O–H groups in total. The quantitative estimate of drug-likeness (QED) is 0.0913. The molecule has 0 saturated carbocycles. The van der Waals surface area contributed by atoms with E-state index in [1.165, 1.54) is 22.3 Å². The first-order chi connectivity index (χ1) is 15.6. The van der Waals surface area contributed by atoms with Gasteiger partial charge in [0.1, 0.15) is 0 Å². The molecule has 207 valence electrons. The van der Waals surface area contributed by atoms with Gasteiger partial charge in [0.05, 0.1) is 0 Å². The topological polar surface area (TPSA) is 170 Å². The number of nitrogens with one attached hydrogen (secondary N) is 3. The van der Waals surface area contributed by atoms with Crippen LogP contribution in [-0.2, 0) is 21.3 Å². The van der Waals surface area contributed by atoms with Crippen LogP contribution < -0.4 is 17.2 Å². The Balaban J connectivity index is -0.000000138. The number of nitrogens with two attached hydrogens (primary N) is 3. The maximum absolute atomic E-state index is 7.57. The molecule has 0 spiro atoms. The van der Waals surface area contributed by atoms with Gasteiger partial charge in [-0.1, -0.05) is 63.6 Å². The van der Waals surface area contributed by atoms with Crippen molar-refractivity contribution in [2.75, 3.05) is 6.61 Å². The summed E-state index contributed by atoms with van der Waals surface area (Å²) in [5.41, 5.74) is 20.6. The second-order valence-electron chi connectivity index (χ2n) is 5.79. The third kappa shape index (κ3) is 28.9. The van der Waals surface area contributed by atoms with Crippen molar-refractivity contribution >= 4 is 126 Å². The molecule has 2 aromatic rings. The number of amidine groups is 3. The van der Waals surface area contributed by atoms with Crippen molar-refractivity contribution in [2.45, 2.75) is 35.6 Å². The van der Waals surface area contributed by atoms with Crippen LogP contribution in [0.2, 0.25) is 0 Å². The van der Waals surface area contributed by atoms with E-state index in [9.17, 15) is 0 Å². The van der Waals surface area contributed by atoms with E-state index in [4.69, 9.17) is 32.8 Å². The van der Waals surface area contributed by atoms with Crippen LogP contribution in [0.3, 0.4) is 0 Å². The van der Waals surface area contributed by atoms with Gasteiger partial charge in [0.2, 0.25) is 0 Å². The summed E-state index contributed by atoms with van der Waals surface area (Å²) in [7, 11) is 0. The first kappa shape index (κ1) is 46.2. The average Bonchev–Trinajstić information content (AvgIpc) is 2.77. The van der Waals surface area contributed by atoms with Crippen molar-refractivity contribution in [3.05, 3.63) is 70.8 Å². The van der Waals surface area contributed by atoms with Gasteiger partial charge in [-0.3, -0.25) is 0 Å². The number of hydrogen-bond donors (Lipinski definition) is 7. The minimum atomic E-state index is 0. The summed E-state index contributed by atoms with van der Waals surface area (Å²) in [6.45, 7) is 1.93. The van der Waals surface area contributed by atoms with Gasteiger partial charge < -0.3 is 5.11 Å². The molecule has 14 heteroatoms. The van der Waals surface area contributed by atoms with Crippen molar-refractivity contribution in [1.82, 2.24) is 0 Å². The Morgan fingerprint density at radius 3 is 1.19 bits per heavy atom. The van der Waals surface area contributed by atoms with Gasteiger partial charge in [0, 0.05) is 17.3 Å². The molecule has 7 nitrogen and oxygen atoms in total. The Labute approximate surface area is 274 Å². The Morgan fingerprint density at radius 2 is 1.00 bits per heavy atom. The van der Waals surface area contributed by atoms with Crippen LogP contribution in [0.15, 0.2) is 48.5 Å². The summed E-state index contributed by atoms with van der Waals surface area (Å²) in [6, 6.07) is 16.5. The molecule has 0 unspecified atom stereocenters. The summed E-state index contributed by atoms with van der Waals surface area (Å²) in [5.74, 6) is 0. The monoisotopic (exact) mass is 957 g/mol. The molecule has 0 aromatic heterocycles. The molecular weight excluding hydrogens is 921 g/mol. The van der Waals surface area contributed by atoms with E-state index in [1.807, 2.05) is 12.1 Å². The van der Waals surface area contributed by atoms with E-state index >= 15 is 0 Å². The molecule has 0 atom stereocenters. The number of alkyl halides is 2. The van der Waals surface area contributed by atoms with Crippen LogP contribution in [0.1, 0.15) is 36.6 Å². The van der Waals surface area contributed by atoms with Gasteiger partial charge in [0.15, 0.2) is 0 Å². The van der Waals surface area contributed by atoms with Crippen LogP contribution in [0.5, 0.6) is 0 Å². The van der Waals surface area contributed by atoms with Crippen molar-refractivity contribution < 1.29 is 5.11 Å². The molecule has 0 aliphatic carbocycles. The maximum atomic E-state index is 7.57. The molecule has 1 radical (unpaired) electrons. The molecule has 36 heavy (non-hydrogen) atoms. The van der Waals surface area contributed by atoms with Gasteiger partial charge >= 0.3 is 140 Å². The minimum absolute atomic E-state index is 0. The number of rotatable bonds is 8. The van der Waals surface area contributed by atoms with Crippen LogP contribution in [0.25, 0.3) is 0 Å². The number of aliphatic hydroxyl groups is 1. The normalized spacial score (nSPS) is 8.33. The molecule has 2 aromatic carbocycles. The Kier molecular flexibility index (Phi) is 40.4. The standard InChI is InChI=1S/C10H14N4Se2.C8H8Br2.C2H6O.CH3N2Se.CH4.2BrH/c11-9(12)15-5-7-3-1-2-4-8(7)6-16-10(13)14;9-5-7-3-1-2-4-8(7)6-10;1-2-3;2-1(3)4;;;/h1-4H,5-6H2,(H3,11,12)(H3,13,14);1-4H,5-6H2;3H,2H2,1H3;(H3,2,3);1H4;2*1H. The molecule has 0 fully saturated rings. The molecule has 0 saturated heterocycles. The third-order valence-corrected chi connectivity index (χ3v) is 7.71. The fourth-order valence-corrected chi connectivity index (χ4v) is 5.55. The summed E-state index contributed by atoms with van der Waals surface area (Å²) in [5, 5.41) is 31.9. The van der Waals surface area contributed by atoms with Gasteiger partial charge in [-0.05, 0) is 18.1 Å². The van der Waals surface area contributed by atoms with Crippen LogP contribution in [0.4, 0.5) is 0 Å². The molecule has 2 rings (SSSR count). The third-order valence-electron chi connectivity index (χ3n) is 3.29. The van der Waals surface area contributed by atoms with E-state index in [0.29, 0.717) is 0 Å². The Hall–Kier alpha value is 0.288. The zero-order valence-electron chi connectivity index (χ0n) is 19.1. The first-order valence-electron chi connectivity index (χ1n) is 9.43. The van der Waals surface area contributed by atoms with Crippen LogP contribution in [0, 0.1) is 16.2 Å². The van der Waals surface area contributed by atoms with Crippen LogP contribution in [-0.4, -0.2) is 71.8 Å². The van der Waals surface area contributed by atoms with E-state index in [-0.39, 0.29) is 92.1 Å². The van der Waals surface area contributed by atoms with Gasteiger partial charge in [-0.25, -0.2) is 0 Å². The first-order valence-corrected chi connectivity index (χ1v) is 16.7. The van der Waals surface area contributed by atoms with Crippen molar-refractivity contribution in [3.63, 3.8) is 0 Å². The fourth-order valence-electron chi connectivity index (χ4n) is 1.97. The zero-order valence-corrected chi connectivity index (χ0v) is 30.9. The Bertz CT molecular complexity index is 787. The number of hydrogen-bond acceptors (Lipinski definition) is 4. The number of benzene rings is 2. The van der Waals surface area contributed by atoms with E-state index in [0.717, 1.165) is 21.3 Å². The SMILES string of the molecule is Br.Br.BrCc1ccccc1CBr.C.CCO.N=C(N)[Se].N=C(N)[Se]Cc1ccccc1C[Se]C(=N)N. The summed E-state index contributed by atoms with van der Waals surface area (Å²) in [4.78, 5) is 0. The van der Waals surface area contributed by atoms with Crippen molar-refractivity contribution in [2.24, 2.45) is 17.2 Å². The summed E-state index contributed by atoms with van der Waals surface area (Å²) < 4.78 is 0.596. The fraction of sp³-hybridized carbons (Fsp3) is 0.318. The molecule has 0 heterocycles. The van der Waals surface area contributed by atoms with Crippen LogP contribution >= 0.6 is 65.8 Å². The number of aliphatic hydroxyl groups excluding tert-OH is 1. The zero-order chi connectivity index (χ0) is 25.6. The van der Waals surface area contributed by atoms with Crippen molar-refractivity contribution in [3.8, 4) is 0 Å². The predicted molar refractivity (Wildman–Crippen MR) is 179 cm³/mol. The van der Waals surface area contributed by atoms with Gasteiger partial charge in [0.25, 0.3) is 0 Å². The predicted octanol–water partition coefficient (Wildman–Crippen LogP) is 4.20. The van der Waals surface area contributed by atoms with Crippen molar-refractivity contribution in [1.29, 1.82) is 16.2 Å². The molecule has 0 amide bonds. The van der Waals surface area contributed by atoms with E-state index < -0.39 is 0 Å². The summed E-state index contributed by atoms with van der Waals surface area (Å²) >= 11 is 9.20. The summed E-state index contributed by atoms with van der Waals surface area (Å²) in [6.07, 6.45) is 0. The second-order valence-corrected chi connectivity index (χ2v) is 12.1. The van der Waals surface area contributed by atoms with E-state index in [1.54, 1.807) is 6.92 Å².